The molecule has 0 amide bonds. The molecule has 0 spiro atoms. The van der Waals surface area contributed by atoms with Crippen molar-refractivity contribution in [1.29, 1.82) is 0 Å². The van der Waals surface area contributed by atoms with E-state index in [1.54, 1.807) is 0 Å². The minimum atomic E-state index is 0. The zero-order valence-electron chi connectivity index (χ0n) is 12.8. The Morgan fingerprint density at radius 1 is 1.29 bits per heavy atom. The summed E-state index contributed by atoms with van der Waals surface area (Å²) >= 11 is 0. The molecule has 0 saturated carbocycles. The van der Waals surface area contributed by atoms with E-state index in [4.69, 9.17) is 9.47 Å². The molecule has 4 atom stereocenters. The van der Waals surface area contributed by atoms with E-state index in [0.717, 1.165) is 38.5 Å². The monoisotopic (exact) mass is 409 g/mol. The van der Waals surface area contributed by atoms with Crippen LogP contribution in [0.4, 0.5) is 0 Å². The third kappa shape index (κ3) is 4.69. The van der Waals surface area contributed by atoms with E-state index in [-0.39, 0.29) is 24.0 Å². The van der Waals surface area contributed by atoms with Gasteiger partial charge in [-0.25, -0.2) is 0 Å². The van der Waals surface area contributed by atoms with Crippen molar-refractivity contribution in [2.45, 2.75) is 69.8 Å². The SMILES string of the molecule is CCNC(=NCCC1CCCO1)NC1CC2CCC1O2.I. The van der Waals surface area contributed by atoms with Gasteiger partial charge in [-0.3, -0.25) is 4.99 Å². The molecule has 2 N–H and O–H groups in total. The topological polar surface area (TPSA) is 54.9 Å². The number of aliphatic imine (C=N–C) groups is 1. The summed E-state index contributed by atoms with van der Waals surface area (Å²) in [5, 5.41) is 6.88. The van der Waals surface area contributed by atoms with Crippen molar-refractivity contribution < 1.29 is 9.47 Å². The van der Waals surface area contributed by atoms with Gasteiger partial charge in [-0.2, -0.15) is 0 Å². The normalized spacial score (nSPS) is 34.8. The predicted octanol–water partition coefficient (Wildman–Crippen LogP) is 2.05. The average Bonchev–Trinajstić information content (AvgIpc) is 3.16. The largest absolute Gasteiger partial charge is 0.378 e. The lowest BCUT2D eigenvalue weighted by atomic mass is 9.96. The highest BCUT2D eigenvalue weighted by atomic mass is 127. The Hall–Kier alpha value is -0.0800. The molecule has 0 aromatic carbocycles. The Bertz CT molecular complexity index is 348. The fourth-order valence-electron chi connectivity index (χ4n) is 3.48. The van der Waals surface area contributed by atoms with Gasteiger partial charge in [0.25, 0.3) is 0 Å². The second kappa shape index (κ2) is 8.53. The number of nitrogens with zero attached hydrogens (tertiary/aromatic N) is 1. The molecule has 0 aromatic heterocycles. The second-order valence-corrected chi connectivity index (χ2v) is 6.04. The van der Waals surface area contributed by atoms with Crippen molar-refractivity contribution in [3.8, 4) is 0 Å². The Kier molecular flexibility index (Phi) is 7.01. The van der Waals surface area contributed by atoms with Crippen LogP contribution in [0.3, 0.4) is 0 Å². The third-order valence-electron chi connectivity index (χ3n) is 4.52. The zero-order chi connectivity index (χ0) is 13.8. The van der Waals surface area contributed by atoms with Gasteiger partial charge in [0.2, 0.25) is 0 Å². The fraction of sp³-hybridized carbons (Fsp3) is 0.933. The molecule has 6 heteroatoms. The molecule has 3 aliphatic rings. The maximum atomic E-state index is 5.88. The lowest BCUT2D eigenvalue weighted by Crippen LogP contribution is -2.47. The first-order valence-electron chi connectivity index (χ1n) is 8.17. The summed E-state index contributed by atoms with van der Waals surface area (Å²) in [6, 6.07) is 0.439. The summed E-state index contributed by atoms with van der Waals surface area (Å²) in [7, 11) is 0. The smallest absolute Gasteiger partial charge is 0.191 e. The first kappa shape index (κ1) is 17.3. The molecule has 21 heavy (non-hydrogen) atoms. The van der Waals surface area contributed by atoms with E-state index in [1.165, 1.54) is 25.7 Å². The predicted molar refractivity (Wildman–Crippen MR) is 94.4 cm³/mol. The summed E-state index contributed by atoms with van der Waals surface area (Å²) in [6.45, 7) is 4.76. The fourth-order valence-corrected chi connectivity index (χ4v) is 3.48. The van der Waals surface area contributed by atoms with Gasteiger partial charge in [-0.1, -0.05) is 0 Å². The van der Waals surface area contributed by atoms with Gasteiger partial charge in [0, 0.05) is 19.7 Å². The molecule has 0 aromatic rings. The molecular weight excluding hydrogens is 381 g/mol. The molecule has 0 radical (unpaired) electrons. The van der Waals surface area contributed by atoms with Crippen LogP contribution >= 0.6 is 24.0 Å². The molecule has 5 nitrogen and oxygen atoms in total. The molecule has 4 unspecified atom stereocenters. The van der Waals surface area contributed by atoms with Crippen LogP contribution in [0.25, 0.3) is 0 Å². The quantitative estimate of drug-likeness (QED) is 0.415. The highest BCUT2D eigenvalue weighted by Gasteiger charge is 2.41. The van der Waals surface area contributed by atoms with Gasteiger partial charge < -0.3 is 20.1 Å². The Balaban J connectivity index is 0.00000161. The molecule has 122 valence electrons. The molecular formula is C15H28IN3O2. The van der Waals surface area contributed by atoms with Gasteiger partial charge in [0.05, 0.1) is 24.4 Å². The van der Waals surface area contributed by atoms with Gasteiger partial charge in [0.1, 0.15) is 0 Å². The van der Waals surface area contributed by atoms with E-state index in [0.29, 0.717) is 24.4 Å². The number of halogens is 1. The van der Waals surface area contributed by atoms with E-state index in [1.807, 2.05) is 0 Å². The van der Waals surface area contributed by atoms with E-state index < -0.39 is 0 Å². The van der Waals surface area contributed by atoms with Gasteiger partial charge in [-0.05, 0) is 45.4 Å². The van der Waals surface area contributed by atoms with Crippen molar-refractivity contribution in [2.75, 3.05) is 19.7 Å². The van der Waals surface area contributed by atoms with Crippen LogP contribution in [-0.4, -0.2) is 50.0 Å². The first-order chi connectivity index (χ1) is 9.85. The zero-order valence-corrected chi connectivity index (χ0v) is 15.2. The number of hydrogen-bond donors (Lipinski definition) is 2. The number of hydrogen-bond acceptors (Lipinski definition) is 3. The number of nitrogens with one attached hydrogen (secondary N) is 2. The van der Waals surface area contributed by atoms with Gasteiger partial charge in [-0.15, -0.1) is 24.0 Å². The third-order valence-corrected chi connectivity index (χ3v) is 4.52. The molecule has 3 fully saturated rings. The Morgan fingerprint density at radius 2 is 2.19 bits per heavy atom. The van der Waals surface area contributed by atoms with Gasteiger partial charge >= 0.3 is 0 Å². The highest BCUT2D eigenvalue weighted by molar-refractivity contribution is 14.0. The number of fused-ring (bicyclic) bond motifs is 2. The van der Waals surface area contributed by atoms with Crippen LogP contribution in [0.5, 0.6) is 0 Å². The van der Waals surface area contributed by atoms with E-state index >= 15 is 0 Å². The second-order valence-electron chi connectivity index (χ2n) is 6.04. The van der Waals surface area contributed by atoms with Gasteiger partial charge in [0.15, 0.2) is 5.96 Å². The van der Waals surface area contributed by atoms with Crippen molar-refractivity contribution in [3.63, 3.8) is 0 Å². The Morgan fingerprint density at radius 3 is 2.81 bits per heavy atom. The lowest BCUT2D eigenvalue weighted by Gasteiger charge is -2.22. The average molecular weight is 409 g/mol. The summed E-state index contributed by atoms with van der Waals surface area (Å²) in [6.07, 6.45) is 8.27. The lowest BCUT2D eigenvalue weighted by molar-refractivity contribution is 0.0991. The summed E-state index contributed by atoms with van der Waals surface area (Å²) in [4.78, 5) is 4.68. The number of ether oxygens (including phenoxy) is 2. The van der Waals surface area contributed by atoms with Crippen LogP contribution in [0, 0.1) is 0 Å². The summed E-state index contributed by atoms with van der Waals surface area (Å²) < 4.78 is 11.5. The van der Waals surface area contributed by atoms with E-state index in [2.05, 4.69) is 22.5 Å². The van der Waals surface area contributed by atoms with Crippen LogP contribution < -0.4 is 10.6 Å². The molecule has 3 rings (SSSR count). The van der Waals surface area contributed by atoms with Crippen molar-refractivity contribution >= 4 is 29.9 Å². The van der Waals surface area contributed by atoms with Crippen LogP contribution in [0.15, 0.2) is 4.99 Å². The van der Waals surface area contributed by atoms with Crippen molar-refractivity contribution in [1.82, 2.24) is 10.6 Å². The standard InChI is InChI=1S/C15H27N3O2.HI/c1-2-16-15(17-8-7-11-4-3-9-19-11)18-13-10-12-5-6-14(13)20-12;/h11-14H,2-10H2,1H3,(H2,16,17,18);1H. The number of rotatable bonds is 5. The molecule has 2 bridgehead atoms. The minimum Gasteiger partial charge on any atom is -0.378 e. The molecule has 3 heterocycles. The van der Waals surface area contributed by atoms with E-state index in [9.17, 15) is 0 Å². The summed E-state index contributed by atoms with van der Waals surface area (Å²) in [5.41, 5.74) is 0. The van der Waals surface area contributed by atoms with Crippen molar-refractivity contribution in [3.05, 3.63) is 0 Å². The number of guanidine groups is 1. The Labute approximate surface area is 144 Å². The maximum Gasteiger partial charge on any atom is 0.191 e. The first-order valence-corrected chi connectivity index (χ1v) is 8.17. The maximum absolute atomic E-state index is 5.88. The molecule has 0 aliphatic carbocycles. The highest BCUT2D eigenvalue weighted by Crippen LogP contribution is 2.34. The molecule has 3 saturated heterocycles. The van der Waals surface area contributed by atoms with Crippen LogP contribution in [0.1, 0.15) is 45.4 Å². The van der Waals surface area contributed by atoms with Crippen molar-refractivity contribution in [2.24, 2.45) is 4.99 Å². The van der Waals surface area contributed by atoms with Crippen LogP contribution in [0.2, 0.25) is 0 Å². The summed E-state index contributed by atoms with van der Waals surface area (Å²) in [5.74, 6) is 0.937. The van der Waals surface area contributed by atoms with Crippen LogP contribution in [-0.2, 0) is 9.47 Å². The molecule has 3 aliphatic heterocycles. The minimum absolute atomic E-state index is 0.